The van der Waals surface area contributed by atoms with Crippen LogP contribution < -0.4 is 14.8 Å². The van der Waals surface area contributed by atoms with Crippen LogP contribution in [0.15, 0.2) is 41.6 Å². The predicted octanol–water partition coefficient (Wildman–Crippen LogP) is 2.09. The number of ether oxygens (including phenoxy) is 2. The zero-order valence-corrected chi connectivity index (χ0v) is 16.0. The van der Waals surface area contributed by atoms with Gasteiger partial charge in [-0.3, -0.25) is 4.98 Å². The largest absolute Gasteiger partial charge is 0.493 e. The van der Waals surface area contributed by atoms with Crippen molar-refractivity contribution in [3.63, 3.8) is 0 Å². The Labute approximate surface area is 157 Å². The molecule has 2 heterocycles. The molecule has 3 rings (SSSR count). The first-order valence-corrected chi connectivity index (χ1v) is 9.85. The molecule has 1 N–H and O–H groups in total. The van der Waals surface area contributed by atoms with Crippen molar-refractivity contribution in [2.45, 2.75) is 10.9 Å². The van der Waals surface area contributed by atoms with Crippen LogP contribution >= 0.6 is 11.6 Å². The van der Waals surface area contributed by atoms with Crippen molar-refractivity contribution in [3.8, 4) is 11.5 Å². The lowest BCUT2D eigenvalue weighted by atomic mass is 10.1. The molecule has 0 radical (unpaired) electrons. The lowest BCUT2D eigenvalue weighted by molar-refractivity contribution is 0.271. The van der Waals surface area contributed by atoms with Gasteiger partial charge in [0.05, 0.1) is 25.3 Å². The maximum Gasteiger partial charge on any atom is 0.245 e. The van der Waals surface area contributed by atoms with Crippen LogP contribution in [-0.4, -0.2) is 51.6 Å². The van der Waals surface area contributed by atoms with Crippen molar-refractivity contribution in [2.75, 3.05) is 33.9 Å². The summed E-state index contributed by atoms with van der Waals surface area (Å²) in [7, 11) is -0.930. The van der Waals surface area contributed by atoms with E-state index in [0.717, 1.165) is 5.56 Å². The minimum atomic E-state index is -3.85. The van der Waals surface area contributed by atoms with Gasteiger partial charge in [-0.1, -0.05) is 17.7 Å². The van der Waals surface area contributed by atoms with E-state index in [2.05, 4.69) is 10.3 Å². The summed E-state index contributed by atoms with van der Waals surface area (Å²) in [5, 5.41) is 3.32. The van der Waals surface area contributed by atoms with Crippen molar-refractivity contribution in [1.29, 1.82) is 0 Å². The summed E-state index contributed by atoms with van der Waals surface area (Å²) < 4.78 is 38.6. The van der Waals surface area contributed by atoms with E-state index < -0.39 is 10.0 Å². The van der Waals surface area contributed by atoms with Crippen LogP contribution in [0.5, 0.6) is 11.5 Å². The molecule has 0 bridgehead atoms. The summed E-state index contributed by atoms with van der Waals surface area (Å²) in [6.45, 7) is 1.38. The highest BCUT2D eigenvalue weighted by Crippen LogP contribution is 2.38. The Bertz CT molecular complexity index is 877. The molecule has 0 aliphatic carbocycles. The van der Waals surface area contributed by atoms with Gasteiger partial charge in [0.15, 0.2) is 11.5 Å². The monoisotopic (exact) mass is 397 g/mol. The Morgan fingerprint density at radius 2 is 2.00 bits per heavy atom. The van der Waals surface area contributed by atoms with Crippen LogP contribution in [0.2, 0.25) is 5.02 Å². The number of aromatic nitrogens is 1. The van der Waals surface area contributed by atoms with Gasteiger partial charge in [-0.25, -0.2) is 8.42 Å². The molecule has 2 aromatic rings. The van der Waals surface area contributed by atoms with Crippen molar-refractivity contribution >= 4 is 21.6 Å². The molecule has 1 aromatic heterocycles. The zero-order chi connectivity index (χ0) is 18.7. The molecule has 1 fully saturated rings. The van der Waals surface area contributed by atoms with Crippen molar-refractivity contribution in [3.05, 3.63) is 47.2 Å². The second kappa shape index (κ2) is 7.79. The van der Waals surface area contributed by atoms with Gasteiger partial charge in [0.2, 0.25) is 10.0 Å². The summed E-state index contributed by atoms with van der Waals surface area (Å²) in [4.78, 5) is 4.10. The molecule has 1 aliphatic heterocycles. The van der Waals surface area contributed by atoms with Gasteiger partial charge in [-0.05, 0) is 11.6 Å². The second-order valence-corrected chi connectivity index (χ2v) is 8.03. The third-order valence-electron chi connectivity index (χ3n) is 4.29. The highest BCUT2D eigenvalue weighted by atomic mass is 35.5. The second-order valence-electron chi connectivity index (χ2n) is 5.76. The van der Waals surface area contributed by atoms with Crippen LogP contribution in [0.1, 0.15) is 11.6 Å². The van der Waals surface area contributed by atoms with Gasteiger partial charge in [-0.2, -0.15) is 4.31 Å². The van der Waals surface area contributed by atoms with E-state index in [1.807, 2.05) is 6.07 Å². The number of nitrogens with one attached hydrogen (secondary N) is 1. The van der Waals surface area contributed by atoms with Gasteiger partial charge in [0.25, 0.3) is 0 Å². The van der Waals surface area contributed by atoms with Crippen LogP contribution in [0.25, 0.3) is 0 Å². The molecule has 1 atom stereocenters. The lowest BCUT2D eigenvalue weighted by Crippen LogP contribution is -2.48. The molecule has 1 aromatic carbocycles. The van der Waals surface area contributed by atoms with Crippen LogP contribution in [-0.2, 0) is 10.0 Å². The molecule has 26 heavy (non-hydrogen) atoms. The molecule has 140 valence electrons. The summed E-state index contributed by atoms with van der Waals surface area (Å²) in [6, 6.07) is 6.14. The topological polar surface area (TPSA) is 80.8 Å². The molecule has 0 saturated carbocycles. The van der Waals surface area contributed by atoms with Gasteiger partial charge in [-0.15, -0.1) is 0 Å². The summed E-state index contributed by atoms with van der Waals surface area (Å²) in [5.74, 6) is 0.684. The number of rotatable bonds is 5. The van der Waals surface area contributed by atoms with Gasteiger partial charge in [0.1, 0.15) is 4.90 Å². The Balaban J connectivity index is 2.06. The van der Waals surface area contributed by atoms with Crippen LogP contribution in [0.4, 0.5) is 0 Å². The molecule has 1 unspecified atom stereocenters. The summed E-state index contributed by atoms with van der Waals surface area (Å²) in [5.41, 5.74) is 0.819. The average molecular weight is 398 g/mol. The summed E-state index contributed by atoms with van der Waals surface area (Å²) >= 11 is 6.27. The number of halogens is 1. The zero-order valence-electron chi connectivity index (χ0n) is 14.5. The van der Waals surface area contributed by atoms with E-state index in [0.29, 0.717) is 31.1 Å². The third kappa shape index (κ3) is 3.50. The number of nitrogens with zero attached hydrogens (tertiary/aromatic N) is 2. The maximum atomic E-state index is 13.4. The first kappa shape index (κ1) is 18.9. The minimum absolute atomic E-state index is 0.00685. The molecule has 0 amide bonds. The van der Waals surface area contributed by atoms with E-state index in [4.69, 9.17) is 21.1 Å². The number of sulfonamides is 1. The number of hydrogen-bond donors (Lipinski definition) is 1. The quantitative estimate of drug-likeness (QED) is 0.832. The first-order chi connectivity index (χ1) is 12.5. The molecule has 1 saturated heterocycles. The van der Waals surface area contributed by atoms with E-state index in [-0.39, 0.29) is 16.0 Å². The standard InChI is InChI=1S/C17H20ClN3O4S/c1-24-15-8-13(18)17(9-16(15)25-2)26(22,23)21-7-6-20-11-14(21)12-4-3-5-19-10-12/h3-5,8-10,14,20H,6-7,11H2,1-2H3. The Hall–Kier alpha value is -1.87. The minimum Gasteiger partial charge on any atom is -0.493 e. The fourth-order valence-electron chi connectivity index (χ4n) is 2.99. The lowest BCUT2D eigenvalue weighted by Gasteiger charge is -2.35. The fourth-order valence-corrected chi connectivity index (χ4v) is 5.11. The number of hydrogen-bond acceptors (Lipinski definition) is 6. The van der Waals surface area contributed by atoms with Crippen LogP contribution in [0, 0.1) is 0 Å². The molecule has 1 aliphatic rings. The van der Waals surface area contributed by atoms with Gasteiger partial charge >= 0.3 is 0 Å². The number of benzene rings is 1. The van der Waals surface area contributed by atoms with E-state index >= 15 is 0 Å². The van der Waals surface area contributed by atoms with Gasteiger partial charge in [0, 0.05) is 44.2 Å². The highest BCUT2D eigenvalue weighted by Gasteiger charge is 2.36. The molecule has 0 spiro atoms. The van der Waals surface area contributed by atoms with Gasteiger partial charge < -0.3 is 14.8 Å². The number of methoxy groups -OCH3 is 2. The average Bonchev–Trinajstić information content (AvgIpc) is 2.68. The molecule has 9 heteroatoms. The van der Waals surface area contributed by atoms with Crippen LogP contribution in [0.3, 0.4) is 0 Å². The highest BCUT2D eigenvalue weighted by molar-refractivity contribution is 7.89. The van der Waals surface area contributed by atoms with Crippen molar-refractivity contribution in [2.24, 2.45) is 0 Å². The Kier molecular flexibility index (Phi) is 5.67. The maximum absolute atomic E-state index is 13.4. The normalized spacial score (nSPS) is 18.5. The SMILES string of the molecule is COc1cc(Cl)c(S(=O)(=O)N2CCNCC2c2cccnc2)cc1OC. The molecular formula is C17H20ClN3O4S. The van der Waals surface area contributed by atoms with Crippen molar-refractivity contribution in [1.82, 2.24) is 14.6 Å². The predicted molar refractivity (Wildman–Crippen MR) is 98.3 cm³/mol. The molecular weight excluding hydrogens is 378 g/mol. The Morgan fingerprint density at radius 1 is 1.27 bits per heavy atom. The van der Waals surface area contributed by atoms with Crippen molar-refractivity contribution < 1.29 is 17.9 Å². The fraction of sp³-hybridized carbons (Fsp3) is 0.353. The summed E-state index contributed by atoms with van der Waals surface area (Å²) in [6.07, 6.45) is 3.33. The number of pyridine rings is 1. The third-order valence-corrected chi connectivity index (χ3v) is 6.66. The van der Waals surface area contributed by atoms with E-state index in [1.165, 1.54) is 30.7 Å². The smallest absolute Gasteiger partial charge is 0.245 e. The number of piperazine rings is 1. The first-order valence-electron chi connectivity index (χ1n) is 8.03. The Morgan fingerprint density at radius 3 is 2.65 bits per heavy atom. The van der Waals surface area contributed by atoms with E-state index in [9.17, 15) is 8.42 Å². The molecule has 7 nitrogen and oxygen atoms in total. The van der Waals surface area contributed by atoms with E-state index in [1.54, 1.807) is 18.5 Å².